The number of likely N-dealkylation sites (tertiary alicyclic amines) is 1. The van der Waals surface area contributed by atoms with Gasteiger partial charge in [0, 0.05) is 13.0 Å². The monoisotopic (exact) mass is 250 g/mol. The van der Waals surface area contributed by atoms with Crippen LogP contribution in [0.3, 0.4) is 0 Å². The lowest BCUT2D eigenvalue weighted by atomic mass is 10.2. The number of likely N-dealkylation sites (N-methyl/N-ethyl adjacent to an activating group) is 1. The van der Waals surface area contributed by atoms with Crippen LogP contribution < -0.4 is 5.32 Å². The minimum Gasteiger partial charge on any atom is -0.444 e. The van der Waals surface area contributed by atoms with E-state index in [1.807, 2.05) is 0 Å². The van der Waals surface area contributed by atoms with Crippen molar-refractivity contribution < 1.29 is 18.3 Å². The van der Waals surface area contributed by atoms with Crippen molar-refractivity contribution in [2.24, 2.45) is 0 Å². The Kier molecular flexibility index (Phi) is 3.96. The SMILES string of the molecule is CNC[C@@H]1CC(F)(F)CN1C(=O)OC(C)(C)C. The third-order valence-electron chi connectivity index (χ3n) is 2.44. The van der Waals surface area contributed by atoms with Gasteiger partial charge in [0.15, 0.2) is 0 Å². The Balaban J connectivity index is 2.70. The molecule has 0 spiro atoms. The highest BCUT2D eigenvalue weighted by molar-refractivity contribution is 5.69. The number of nitrogens with one attached hydrogen (secondary N) is 1. The Bertz CT molecular complexity index is 290. The number of carbonyl (C=O) groups excluding carboxylic acids is 1. The van der Waals surface area contributed by atoms with Crippen LogP contribution in [-0.2, 0) is 4.74 Å². The first-order valence-electron chi connectivity index (χ1n) is 5.67. The maximum absolute atomic E-state index is 13.3. The molecule has 1 fully saturated rings. The van der Waals surface area contributed by atoms with Gasteiger partial charge in [0.05, 0.1) is 12.6 Å². The fraction of sp³-hybridized carbons (Fsp3) is 0.909. The number of ether oxygens (including phenoxy) is 1. The quantitative estimate of drug-likeness (QED) is 0.813. The number of halogens is 2. The van der Waals surface area contributed by atoms with Gasteiger partial charge in [-0.25, -0.2) is 13.6 Å². The van der Waals surface area contributed by atoms with Crippen LogP contribution in [0.2, 0.25) is 0 Å². The highest BCUT2D eigenvalue weighted by Gasteiger charge is 2.47. The normalized spacial score (nSPS) is 23.9. The van der Waals surface area contributed by atoms with E-state index in [0.717, 1.165) is 4.90 Å². The summed E-state index contributed by atoms with van der Waals surface area (Å²) in [6.07, 6.45) is -0.984. The summed E-state index contributed by atoms with van der Waals surface area (Å²) in [4.78, 5) is 12.9. The second-order valence-corrected chi connectivity index (χ2v) is 5.38. The molecule has 0 bridgehead atoms. The Morgan fingerprint density at radius 2 is 2.12 bits per heavy atom. The molecule has 1 aliphatic rings. The van der Waals surface area contributed by atoms with Crippen molar-refractivity contribution in [1.82, 2.24) is 10.2 Å². The van der Waals surface area contributed by atoms with E-state index in [1.165, 1.54) is 0 Å². The van der Waals surface area contributed by atoms with Crippen LogP contribution >= 0.6 is 0 Å². The smallest absolute Gasteiger partial charge is 0.410 e. The highest BCUT2D eigenvalue weighted by Crippen LogP contribution is 2.32. The van der Waals surface area contributed by atoms with Crippen molar-refractivity contribution in [2.75, 3.05) is 20.1 Å². The van der Waals surface area contributed by atoms with Gasteiger partial charge in [0.1, 0.15) is 5.60 Å². The van der Waals surface area contributed by atoms with Crippen LogP contribution in [0.25, 0.3) is 0 Å². The van der Waals surface area contributed by atoms with Crippen molar-refractivity contribution in [3.8, 4) is 0 Å². The fourth-order valence-corrected chi connectivity index (χ4v) is 1.85. The molecule has 1 rings (SSSR count). The largest absolute Gasteiger partial charge is 0.444 e. The Labute approximate surface area is 100 Å². The van der Waals surface area contributed by atoms with Crippen molar-refractivity contribution in [2.45, 2.75) is 44.8 Å². The molecule has 0 unspecified atom stereocenters. The molecule has 0 aromatic heterocycles. The average molecular weight is 250 g/mol. The summed E-state index contributed by atoms with van der Waals surface area (Å²) in [5.41, 5.74) is -0.668. The molecule has 1 N–H and O–H groups in total. The fourth-order valence-electron chi connectivity index (χ4n) is 1.85. The molecule has 0 radical (unpaired) electrons. The number of hydrogen-bond donors (Lipinski definition) is 1. The maximum Gasteiger partial charge on any atom is 0.410 e. The number of carbonyl (C=O) groups is 1. The molecule has 1 amide bonds. The maximum atomic E-state index is 13.3. The van der Waals surface area contributed by atoms with E-state index in [-0.39, 0.29) is 6.42 Å². The number of hydrogen-bond acceptors (Lipinski definition) is 3. The van der Waals surface area contributed by atoms with E-state index in [1.54, 1.807) is 27.8 Å². The first-order valence-corrected chi connectivity index (χ1v) is 5.67. The minimum atomic E-state index is -2.82. The zero-order chi connectivity index (χ0) is 13.3. The number of nitrogens with zero attached hydrogens (tertiary/aromatic N) is 1. The summed E-state index contributed by atoms with van der Waals surface area (Å²) >= 11 is 0. The van der Waals surface area contributed by atoms with Crippen LogP contribution in [0.15, 0.2) is 0 Å². The Hall–Kier alpha value is -0.910. The van der Waals surface area contributed by atoms with Gasteiger partial charge >= 0.3 is 6.09 Å². The predicted octanol–water partition coefficient (Wildman–Crippen LogP) is 1.85. The van der Waals surface area contributed by atoms with Gasteiger partial charge in [0.25, 0.3) is 5.92 Å². The summed E-state index contributed by atoms with van der Waals surface area (Å²) < 4.78 is 31.7. The van der Waals surface area contributed by atoms with Crippen LogP contribution in [0.1, 0.15) is 27.2 Å². The average Bonchev–Trinajstić information content (AvgIpc) is 2.39. The molecule has 1 saturated heterocycles. The lowest BCUT2D eigenvalue weighted by Crippen LogP contribution is -2.43. The molecule has 1 aliphatic heterocycles. The predicted molar refractivity (Wildman–Crippen MR) is 60.2 cm³/mol. The first-order chi connectivity index (χ1) is 7.64. The molecule has 6 heteroatoms. The van der Waals surface area contributed by atoms with Gasteiger partial charge in [-0.3, -0.25) is 4.90 Å². The standard InChI is InChI=1S/C11H20F2N2O2/c1-10(2,3)17-9(16)15-7-11(12,13)5-8(15)6-14-4/h8,14H,5-7H2,1-4H3/t8-/m0/s1. The summed E-state index contributed by atoms with van der Waals surface area (Å²) in [6.45, 7) is 4.92. The van der Waals surface area contributed by atoms with Gasteiger partial charge in [-0.05, 0) is 27.8 Å². The van der Waals surface area contributed by atoms with Crippen LogP contribution in [-0.4, -0.2) is 48.7 Å². The third kappa shape index (κ3) is 4.11. The number of rotatable bonds is 2. The topological polar surface area (TPSA) is 41.6 Å². The molecule has 17 heavy (non-hydrogen) atoms. The van der Waals surface area contributed by atoms with E-state index in [0.29, 0.717) is 6.54 Å². The molecule has 0 aliphatic carbocycles. The van der Waals surface area contributed by atoms with Crippen molar-refractivity contribution >= 4 is 6.09 Å². The summed E-state index contributed by atoms with van der Waals surface area (Å²) in [7, 11) is 1.67. The molecular formula is C11H20F2N2O2. The third-order valence-corrected chi connectivity index (χ3v) is 2.44. The Morgan fingerprint density at radius 3 is 2.59 bits per heavy atom. The molecule has 0 saturated carbocycles. The Morgan fingerprint density at radius 1 is 1.53 bits per heavy atom. The highest BCUT2D eigenvalue weighted by atomic mass is 19.3. The lowest BCUT2D eigenvalue weighted by molar-refractivity contribution is -0.00239. The van der Waals surface area contributed by atoms with Gasteiger partial charge in [0.2, 0.25) is 0 Å². The molecule has 100 valence electrons. The second kappa shape index (κ2) is 4.76. The lowest BCUT2D eigenvalue weighted by Gasteiger charge is -2.28. The number of alkyl halides is 2. The van der Waals surface area contributed by atoms with Gasteiger partial charge in [-0.1, -0.05) is 0 Å². The molecule has 0 aromatic carbocycles. The minimum absolute atomic E-state index is 0.312. The summed E-state index contributed by atoms with van der Waals surface area (Å²) in [6, 6.07) is -0.509. The zero-order valence-electron chi connectivity index (χ0n) is 10.7. The van der Waals surface area contributed by atoms with Crippen molar-refractivity contribution in [3.63, 3.8) is 0 Å². The van der Waals surface area contributed by atoms with E-state index in [2.05, 4.69) is 5.32 Å². The van der Waals surface area contributed by atoms with E-state index in [9.17, 15) is 13.6 Å². The number of amides is 1. The molecular weight excluding hydrogens is 230 g/mol. The summed E-state index contributed by atoms with van der Waals surface area (Å²) in [5.74, 6) is -2.82. The van der Waals surface area contributed by atoms with Crippen LogP contribution in [0.4, 0.5) is 13.6 Å². The van der Waals surface area contributed by atoms with E-state index >= 15 is 0 Å². The van der Waals surface area contributed by atoms with Crippen molar-refractivity contribution in [3.05, 3.63) is 0 Å². The van der Waals surface area contributed by atoms with Gasteiger partial charge in [-0.2, -0.15) is 0 Å². The molecule has 1 atom stereocenters. The first kappa shape index (κ1) is 14.2. The molecule has 4 nitrogen and oxygen atoms in total. The van der Waals surface area contributed by atoms with E-state index in [4.69, 9.17) is 4.74 Å². The van der Waals surface area contributed by atoms with E-state index < -0.39 is 30.2 Å². The van der Waals surface area contributed by atoms with Gasteiger partial charge in [-0.15, -0.1) is 0 Å². The van der Waals surface area contributed by atoms with Crippen LogP contribution in [0.5, 0.6) is 0 Å². The zero-order valence-corrected chi connectivity index (χ0v) is 10.7. The van der Waals surface area contributed by atoms with Crippen molar-refractivity contribution in [1.29, 1.82) is 0 Å². The van der Waals surface area contributed by atoms with Crippen LogP contribution in [0, 0.1) is 0 Å². The molecule has 1 heterocycles. The summed E-state index contributed by atoms with van der Waals surface area (Å²) in [5, 5.41) is 2.81. The molecule has 0 aromatic rings. The second-order valence-electron chi connectivity index (χ2n) is 5.38. The van der Waals surface area contributed by atoms with Gasteiger partial charge < -0.3 is 10.1 Å².